The molecule has 6 nitrogen and oxygen atoms in total. The van der Waals surface area contributed by atoms with E-state index in [2.05, 4.69) is 15.5 Å². The summed E-state index contributed by atoms with van der Waals surface area (Å²) in [4.78, 5) is 12.3. The maximum absolute atomic E-state index is 13.1. The Bertz CT molecular complexity index is 925. The largest absolute Gasteiger partial charge is 0.497 e. The fraction of sp³-hybridized carbons (Fsp3) is 0.286. The van der Waals surface area contributed by atoms with E-state index in [9.17, 15) is 9.18 Å². The van der Waals surface area contributed by atoms with E-state index in [0.717, 1.165) is 17.5 Å². The van der Waals surface area contributed by atoms with Crippen LogP contribution < -0.4 is 10.1 Å². The summed E-state index contributed by atoms with van der Waals surface area (Å²) in [5.74, 6) is 0.984. The first kappa shape index (κ1) is 19.5. The van der Waals surface area contributed by atoms with Gasteiger partial charge in [-0.05, 0) is 48.2 Å². The number of methoxy groups -OCH3 is 1. The Balaban J connectivity index is 1.57. The minimum absolute atomic E-state index is 0.0237. The van der Waals surface area contributed by atoms with E-state index in [1.165, 1.54) is 12.1 Å². The number of amides is 1. The molecule has 0 spiro atoms. The van der Waals surface area contributed by atoms with Gasteiger partial charge in [0.1, 0.15) is 11.6 Å². The van der Waals surface area contributed by atoms with Gasteiger partial charge in [-0.15, -0.1) is 10.2 Å². The smallest absolute Gasteiger partial charge is 0.247 e. The molecule has 1 N–H and O–H groups in total. The molecule has 1 heterocycles. The van der Waals surface area contributed by atoms with Gasteiger partial charge in [0, 0.05) is 12.0 Å². The third-order valence-electron chi connectivity index (χ3n) is 4.49. The van der Waals surface area contributed by atoms with Crippen molar-refractivity contribution in [2.75, 3.05) is 7.11 Å². The third-order valence-corrected chi connectivity index (χ3v) is 4.49. The van der Waals surface area contributed by atoms with Gasteiger partial charge in [0.15, 0.2) is 0 Å². The molecule has 0 fully saturated rings. The highest BCUT2D eigenvalue weighted by Crippen LogP contribution is 2.24. The molecule has 1 atom stereocenters. The molecule has 2 aromatic carbocycles. The molecule has 3 aromatic rings. The average Bonchev–Trinajstić information content (AvgIpc) is 3.20. The first-order valence-electron chi connectivity index (χ1n) is 9.08. The molecule has 7 heteroatoms. The van der Waals surface area contributed by atoms with Crippen LogP contribution >= 0.6 is 0 Å². The molecular formula is C21H22FN3O3. The molecule has 0 aliphatic carbocycles. The van der Waals surface area contributed by atoms with E-state index in [0.29, 0.717) is 24.0 Å². The Morgan fingerprint density at radius 2 is 2.00 bits per heavy atom. The Morgan fingerprint density at radius 3 is 2.71 bits per heavy atom. The second-order valence-electron chi connectivity index (χ2n) is 6.37. The van der Waals surface area contributed by atoms with Gasteiger partial charge in [-0.3, -0.25) is 4.79 Å². The van der Waals surface area contributed by atoms with Crippen molar-refractivity contribution in [3.05, 3.63) is 65.8 Å². The molecule has 1 amide bonds. The summed E-state index contributed by atoms with van der Waals surface area (Å²) < 4.78 is 23.9. The first-order valence-corrected chi connectivity index (χ1v) is 9.08. The summed E-state index contributed by atoms with van der Waals surface area (Å²) in [5, 5.41) is 10.8. The summed E-state index contributed by atoms with van der Waals surface area (Å²) in [6.45, 7) is 2.15. The summed E-state index contributed by atoms with van der Waals surface area (Å²) in [5.41, 5.74) is 1.68. The highest BCUT2D eigenvalue weighted by atomic mass is 19.1. The highest BCUT2D eigenvalue weighted by molar-refractivity contribution is 5.76. The van der Waals surface area contributed by atoms with Crippen LogP contribution in [0.15, 0.2) is 52.9 Å². The quantitative estimate of drug-likeness (QED) is 0.634. The number of aromatic nitrogens is 2. The predicted octanol–water partition coefficient (Wildman–Crippen LogP) is 4.08. The van der Waals surface area contributed by atoms with Crippen LogP contribution in [0.3, 0.4) is 0 Å². The minimum atomic E-state index is -0.286. The van der Waals surface area contributed by atoms with Gasteiger partial charge in [0.2, 0.25) is 17.7 Å². The van der Waals surface area contributed by atoms with Gasteiger partial charge in [-0.2, -0.15) is 0 Å². The molecule has 0 bridgehead atoms. The fourth-order valence-electron chi connectivity index (χ4n) is 2.90. The third kappa shape index (κ3) is 4.94. The van der Waals surface area contributed by atoms with Crippen molar-refractivity contribution in [2.45, 2.75) is 32.2 Å². The van der Waals surface area contributed by atoms with Gasteiger partial charge in [-0.1, -0.05) is 25.1 Å². The lowest BCUT2D eigenvalue weighted by molar-refractivity contribution is -0.121. The molecule has 0 aliphatic rings. The fourth-order valence-corrected chi connectivity index (χ4v) is 2.90. The molecule has 0 aliphatic heterocycles. The summed E-state index contributed by atoms with van der Waals surface area (Å²) in [7, 11) is 1.59. The molecule has 3 rings (SSSR count). The van der Waals surface area contributed by atoms with Crippen molar-refractivity contribution >= 4 is 5.91 Å². The number of hydrogen-bond donors (Lipinski definition) is 1. The Kier molecular flexibility index (Phi) is 6.37. The van der Waals surface area contributed by atoms with Crippen molar-refractivity contribution in [3.8, 4) is 17.2 Å². The predicted molar refractivity (Wildman–Crippen MR) is 102 cm³/mol. The number of nitrogens with one attached hydrogen (secondary N) is 1. The zero-order valence-corrected chi connectivity index (χ0v) is 15.8. The molecule has 146 valence electrons. The highest BCUT2D eigenvalue weighted by Gasteiger charge is 2.16. The van der Waals surface area contributed by atoms with Crippen LogP contribution in [0.1, 0.15) is 37.1 Å². The SMILES string of the molecule is CCC(CC(=O)NCc1nnc(-c2cccc(OC)c2)o1)c1ccc(F)cc1. The second kappa shape index (κ2) is 9.12. The Morgan fingerprint density at radius 1 is 1.21 bits per heavy atom. The first-order chi connectivity index (χ1) is 13.6. The Hall–Kier alpha value is -3.22. The van der Waals surface area contributed by atoms with E-state index in [1.807, 2.05) is 25.1 Å². The van der Waals surface area contributed by atoms with Crippen LogP contribution in [0.2, 0.25) is 0 Å². The maximum atomic E-state index is 13.1. The molecule has 0 saturated heterocycles. The van der Waals surface area contributed by atoms with E-state index in [-0.39, 0.29) is 24.2 Å². The summed E-state index contributed by atoms with van der Waals surface area (Å²) in [6, 6.07) is 13.6. The number of ether oxygens (including phenoxy) is 1. The number of nitrogens with zero attached hydrogens (tertiary/aromatic N) is 2. The van der Waals surface area contributed by atoms with Crippen LogP contribution in [0.25, 0.3) is 11.5 Å². The Labute approximate surface area is 162 Å². The van der Waals surface area contributed by atoms with E-state index >= 15 is 0 Å². The van der Waals surface area contributed by atoms with Crippen molar-refractivity contribution in [1.82, 2.24) is 15.5 Å². The van der Waals surface area contributed by atoms with E-state index < -0.39 is 0 Å². The van der Waals surface area contributed by atoms with Crippen LogP contribution in [0.4, 0.5) is 4.39 Å². The number of hydrogen-bond acceptors (Lipinski definition) is 5. The number of halogens is 1. The molecular weight excluding hydrogens is 361 g/mol. The monoisotopic (exact) mass is 383 g/mol. The minimum Gasteiger partial charge on any atom is -0.497 e. The topological polar surface area (TPSA) is 77.2 Å². The molecule has 1 aromatic heterocycles. The van der Waals surface area contributed by atoms with Gasteiger partial charge in [0.25, 0.3) is 0 Å². The average molecular weight is 383 g/mol. The number of rotatable bonds is 8. The van der Waals surface area contributed by atoms with Crippen molar-refractivity contribution in [3.63, 3.8) is 0 Å². The lowest BCUT2D eigenvalue weighted by atomic mass is 9.93. The normalized spacial score (nSPS) is 11.8. The standard InChI is InChI=1S/C21H22FN3O3/c1-3-14(15-7-9-17(22)10-8-15)12-19(26)23-13-20-24-25-21(28-20)16-5-4-6-18(11-16)27-2/h4-11,14H,3,12-13H2,1-2H3,(H,23,26). The van der Waals surface area contributed by atoms with Crippen LogP contribution in [0.5, 0.6) is 5.75 Å². The lowest BCUT2D eigenvalue weighted by Gasteiger charge is -2.14. The van der Waals surface area contributed by atoms with Crippen LogP contribution in [0, 0.1) is 5.82 Å². The van der Waals surface area contributed by atoms with E-state index in [1.54, 1.807) is 25.3 Å². The van der Waals surface area contributed by atoms with Gasteiger partial charge in [0.05, 0.1) is 13.7 Å². The molecule has 28 heavy (non-hydrogen) atoms. The summed E-state index contributed by atoms with van der Waals surface area (Å²) >= 11 is 0. The summed E-state index contributed by atoms with van der Waals surface area (Å²) in [6.07, 6.45) is 1.08. The van der Waals surface area contributed by atoms with Gasteiger partial charge in [-0.25, -0.2) is 4.39 Å². The number of carbonyl (C=O) groups is 1. The second-order valence-corrected chi connectivity index (χ2v) is 6.37. The lowest BCUT2D eigenvalue weighted by Crippen LogP contribution is -2.24. The van der Waals surface area contributed by atoms with Crippen LogP contribution in [-0.4, -0.2) is 23.2 Å². The zero-order valence-electron chi connectivity index (χ0n) is 15.8. The maximum Gasteiger partial charge on any atom is 0.247 e. The molecule has 0 saturated carbocycles. The van der Waals surface area contributed by atoms with Crippen molar-refractivity contribution in [2.24, 2.45) is 0 Å². The number of benzene rings is 2. The van der Waals surface area contributed by atoms with Crippen LogP contribution in [-0.2, 0) is 11.3 Å². The number of carbonyl (C=O) groups excluding carboxylic acids is 1. The van der Waals surface area contributed by atoms with Gasteiger partial charge >= 0.3 is 0 Å². The van der Waals surface area contributed by atoms with Gasteiger partial charge < -0.3 is 14.5 Å². The molecule has 0 radical (unpaired) electrons. The van der Waals surface area contributed by atoms with Crippen molar-refractivity contribution < 1.29 is 18.3 Å². The van der Waals surface area contributed by atoms with E-state index in [4.69, 9.17) is 9.15 Å². The zero-order chi connectivity index (χ0) is 19.9. The van der Waals surface area contributed by atoms with Crippen molar-refractivity contribution in [1.29, 1.82) is 0 Å². The molecule has 1 unspecified atom stereocenters.